The Kier molecular flexibility index (Phi) is 13.1. The third-order valence-corrected chi connectivity index (χ3v) is 45.3. The maximum Gasteiger partial charge on any atom is 0.444 e. The summed E-state index contributed by atoms with van der Waals surface area (Å²) >= 11 is 0. The first-order valence-corrected chi connectivity index (χ1v) is 44.9. The number of aryl methyl sites for hydroxylation is 3. The van der Waals surface area contributed by atoms with Crippen LogP contribution in [0, 0.1) is 20.8 Å². The van der Waals surface area contributed by atoms with E-state index in [0.717, 1.165) is 0 Å². The van der Waals surface area contributed by atoms with Gasteiger partial charge in [0.05, 0.1) is 11.2 Å². The molecule has 0 amide bonds. The molecule has 1 aliphatic heterocycles. The van der Waals surface area contributed by atoms with Crippen LogP contribution in [0.3, 0.4) is 0 Å². The molecule has 0 aliphatic carbocycles. The van der Waals surface area contributed by atoms with Crippen LogP contribution in [-0.4, -0.2) is 74.3 Å². The van der Waals surface area contributed by atoms with Crippen molar-refractivity contribution in [3.8, 4) is 0 Å². The first-order valence-electron chi connectivity index (χ1n) is 20.8. The molecule has 1 unspecified atom stereocenters. The summed E-state index contributed by atoms with van der Waals surface area (Å²) in [5, 5.41) is 5.18. The van der Waals surface area contributed by atoms with E-state index in [9.17, 15) is 0 Å². The largest absolute Gasteiger partial charge is 0.444 e. The second kappa shape index (κ2) is 14.6. The molecule has 1 atom stereocenters. The number of hydrogen-bond acceptors (Lipinski definition) is 2. The molecule has 2 nitrogen and oxygen atoms in total. The van der Waals surface area contributed by atoms with Crippen LogP contribution in [-0.2, 0) is 9.31 Å². The van der Waals surface area contributed by atoms with Crippen LogP contribution >= 0.6 is 0 Å². The van der Waals surface area contributed by atoms with Gasteiger partial charge in [-0.1, -0.05) is 176 Å². The Labute approximate surface area is 338 Å². The van der Waals surface area contributed by atoms with E-state index >= 15 is 0 Å². The SMILES string of the molecule is Cc1cc(C)c([Si](C)(B2OC(C)(C)C(C)(C)O2)c2c(C([Si](C)(C)C)[Si](C)(C)C)cc(C([Si](C)(C)C)[Si](C)(C)C)cc2C([Si](C)(C)C)[Si](C)(C)C)c(C)c1. The highest BCUT2D eigenvalue weighted by Crippen LogP contribution is 2.47. The molecule has 3 rings (SSSR count). The van der Waals surface area contributed by atoms with Gasteiger partial charge in [-0.3, -0.25) is 0 Å². The van der Waals surface area contributed by atoms with Gasteiger partial charge in [0, 0.05) is 48.4 Å². The summed E-state index contributed by atoms with van der Waals surface area (Å²) in [6.45, 7) is 66.8. The van der Waals surface area contributed by atoms with Gasteiger partial charge in [0.2, 0.25) is 0 Å². The van der Waals surface area contributed by atoms with E-state index in [0.29, 0.717) is 15.5 Å². The van der Waals surface area contributed by atoms with Crippen molar-refractivity contribution in [2.24, 2.45) is 0 Å². The first-order chi connectivity index (χ1) is 23.2. The molecule has 1 saturated heterocycles. The van der Waals surface area contributed by atoms with Crippen LogP contribution in [0.1, 0.15) is 76.6 Å². The molecule has 0 saturated carbocycles. The monoisotopic (exact) mass is 841 g/mol. The Morgan fingerprint density at radius 3 is 0.981 bits per heavy atom. The summed E-state index contributed by atoms with van der Waals surface area (Å²) in [6.07, 6.45) is 0. The molecule has 53 heavy (non-hydrogen) atoms. The maximum absolute atomic E-state index is 7.48. The van der Waals surface area contributed by atoms with Crippen LogP contribution in [0.4, 0.5) is 0 Å². The van der Waals surface area contributed by atoms with Crippen molar-refractivity contribution in [1.82, 2.24) is 0 Å². The molecule has 300 valence electrons. The molecule has 0 spiro atoms. The molecule has 2 aromatic carbocycles. The lowest BCUT2D eigenvalue weighted by atomic mass is 9.90. The fourth-order valence-electron chi connectivity index (χ4n) is 12.1. The van der Waals surface area contributed by atoms with Gasteiger partial charge in [-0.2, -0.15) is 0 Å². The minimum Gasteiger partial charge on any atom is -0.406 e. The molecule has 0 N–H and O–H groups in total. The van der Waals surface area contributed by atoms with Crippen LogP contribution in [0.5, 0.6) is 0 Å². The van der Waals surface area contributed by atoms with Crippen LogP contribution in [0.25, 0.3) is 0 Å². The third-order valence-electron chi connectivity index (χ3n) is 12.8. The van der Waals surface area contributed by atoms with Gasteiger partial charge >= 0.3 is 6.71 Å². The van der Waals surface area contributed by atoms with Crippen molar-refractivity contribution in [3.05, 3.63) is 57.6 Å². The zero-order valence-corrected chi connectivity index (χ0v) is 46.9. The van der Waals surface area contributed by atoms with Gasteiger partial charge in [-0.05, 0) is 79.9 Å². The third kappa shape index (κ3) is 9.47. The maximum atomic E-state index is 7.48. The lowest BCUT2D eigenvalue weighted by molar-refractivity contribution is 0.00578. The lowest BCUT2D eigenvalue weighted by Crippen LogP contribution is -2.72. The van der Waals surface area contributed by atoms with E-state index in [1.54, 1.807) is 27.1 Å². The quantitative estimate of drug-likeness (QED) is 0.198. The van der Waals surface area contributed by atoms with Gasteiger partial charge in [0.25, 0.3) is 0 Å². The van der Waals surface area contributed by atoms with Gasteiger partial charge in [-0.15, -0.1) is 0 Å². The first kappa shape index (κ1) is 47.3. The number of rotatable bonds is 12. The zero-order valence-electron chi connectivity index (χ0n) is 39.9. The molecular formula is C43H85BO2Si7. The summed E-state index contributed by atoms with van der Waals surface area (Å²) in [7, 11) is -13.1. The van der Waals surface area contributed by atoms with Crippen molar-refractivity contribution in [2.45, 2.75) is 200 Å². The molecule has 2 aromatic rings. The molecule has 0 aromatic heterocycles. The van der Waals surface area contributed by atoms with Gasteiger partial charge in [0.15, 0.2) is 7.94 Å². The summed E-state index contributed by atoms with van der Waals surface area (Å²) in [4.78, 5) is 0. The van der Waals surface area contributed by atoms with Gasteiger partial charge in [0.1, 0.15) is 0 Å². The van der Waals surface area contributed by atoms with Crippen LogP contribution in [0.15, 0.2) is 24.3 Å². The minimum atomic E-state index is -2.87. The zero-order chi connectivity index (χ0) is 41.7. The van der Waals surface area contributed by atoms with E-state index < -0.39 is 67.6 Å². The second-order valence-corrected chi connectivity index (χ2v) is 62.6. The highest BCUT2D eigenvalue weighted by Gasteiger charge is 2.63. The Bertz CT molecular complexity index is 1530. The van der Waals surface area contributed by atoms with E-state index in [1.807, 2.05) is 0 Å². The topological polar surface area (TPSA) is 18.5 Å². The smallest absolute Gasteiger partial charge is 0.406 e. The minimum absolute atomic E-state index is 0.284. The van der Waals surface area contributed by atoms with E-state index in [2.05, 4.69) is 197 Å². The van der Waals surface area contributed by atoms with Crippen molar-refractivity contribution >= 4 is 73.5 Å². The Morgan fingerprint density at radius 1 is 0.434 bits per heavy atom. The standard InChI is InChI=1S/C43H85BO2Si7/c1-31-27-32(2)37(33(3)28-31)53(26,44-45-42(4,5)43(6,7)46-44)38-35(40(49(14,15)16)50(17,18)19)29-34(39(47(8,9)10)48(11,12)13)30-36(38)41(51(20,21)22)52(23,24)25/h27-30,39-41H,1-26H3. The van der Waals surface area contributed by atoms with Crippen molar-refractivity contribution in [3.63, 3.8) is 0 Å². The molecular weight excluding hydrogens is 756 g/mol. The second-order valence-electron chi connectivity index (χ2n) is 25.1. The van der Waals surface area contributed by atoms with Gasteiger partial charge in [-0.25, -0.2) is 0 Å². The summed E-state index contributed by atoms with van der Waals surface area (Å²) in [6, 6.07) is 10.7. The average molecular weight is 842 g/mol. The van der Waals surface area contributed by atoms with Crippen molar-refractivity contribution in [2.75, 3.05) is 0 Å². The Balaban J connectivity index is 2.96. The lowest BCUT2D eigenvalue weighted by Gasteiger charge is -2.49. The van der Waals surface area contributed by atoms with E-state index in [4.69, 9.17) is 9.31 Å². The number of hydrogen-bond donors (Lipinski definition) is 0. The Morgan fingerprint density at radius 2 is 0.717 bits per heavy atom. The van der Waals surface area contributed by atoms with E-state index in [-0.39, 0.29) is 6.71 Å². The highest BCUT2D eigenvalue weighted by atomic mass is 28.4. The fourth-order valence-corrected chi connectivity index (χ4v) is 56.1. The predicted molar refractivity (Wildman–Crippen MR) is 262 cm³/mol. The fraction of sp³-hybridized carbons (Fsp3) is 0.721. The highest BCUT2D eigenvalue weighted by molar-refractivity contribution is 7.41. The van der Waals surface area contributed by atoms with Crippen molar-refractivity contribution in [1.29, 1.82) is 0 Å². The molecule has 1 fully saturated rings. The number of benzene rings is 2. The normalized spacial score (nSPS) is 18.8. The van der Waals surface area contributed by atoms with Crippen LogP contribution in [0.2, 0.25) is 124 Å². The molecule has 0 radical (unpaired) electrons. The van der Waals surface area contributed by atoms with Crippen LogP contribution < -0.4 is 10.4 Å². The molecule has 1 heterocycles. The molecule has 0 bridgehead atoms. The summed E-state index contributed by atoms with van der Waals surface area (Å²) < 4.78 is 15.0. The Hall–Kier alpha value is -0.0569. The van der Waals surface area contributed by atoms with Crippen molar-refractivity contribution < 1.29 is 9.31 Å². The van der Waals surface area contributed by atoms with Gasteiger partial charge < -0.3 is 9.31 Å². The summed E-state index contributed by atoms with van der Waals surface area (Å²) in [5.74, 6) is 0. The average Bonchev–Trinajstić information content (AvgIpc) is 3.04. The molecule has 1 aliphatic rings. The predicted octanol–water partition coefficient (Wildman–Crippen LogP) is 12.5. The molecule has 10 heteroatoms. The summed E-state index contributed by atoms with van der Waals surface area (Å²) in [5.41, 5.74) is 8.55. The van der Waals surface area contributed by atoms with E-state index in [1.165, 1.54) is 16.7 Å².